The molecule has 1 aliphatic rings. The minimum absolute atomic E-state index is 0.0139. The molecule has 1 heterocycles. The highest BCUT2D eigenvalue weighted by atomic mass is 35.5. The van der Waals surface area contributed by atoms with Crippen molar-refractivity contribution in [2.24, 2.45) is 0 Å². The van der Waals surface area contributed by atoms with E-state index in [9.17, 15) is 8.42 Å². The van der Waals surface area contributed by atoms with Crippen LogP contribution in [0.1, 0.15) is 6.92 Å². The van der Waals surface area contributed by atoms with Crippen LogP contribution in [0.25, 0.3) is 0 Å². The third kappa shape index (κ3) is 3.61. The van der Waals surface area contributed by atoms with Gasteiger partial charge in [-0.3, -0.25) is 0 Å². The summed E-state index contributed by atoms with van der Waals surface area (Å²) in [5.41, 5.74) is 0.998. The standard InChI is InChI=1S/C13H18ClNO3S/c1-10-8-15(9-12(7-14)18-10)11-3-5-13(6-4-11)19(2,16)17/h3-6,10,12H,7-9H2,1-2H3. The van der Waals surface area contributed by atoms with Gasteiger partial charge in [0, 0.05) is 25.0 Å². The van der Waals surface area contributed by atoms with E-state index in [2.05, 4.69) is 4.90 Å². The lowest BCUT2D eigenvalue weighted by Crippen LogP contribution is -2.47. The maximum absolute atomic E-state index is 11.4. The molecule has 2 unspecified atom stereocenters. The van der Waals surface area contributed by atoms with E-state index < -0.39 is 9.84 Å². The molecule has 2 atom stereocenters. The number of rotatable bonds is 3. The van der Waals surface area contributed by atoms with E-state index in [4.69, 9.17) is 16.3 Å². The van der Waals surface area contributed by atoms with Crippen molar-refractivity contribution in [1.29, 1.82) is 0 Å². The Bertz CT molecular complexity index is 529. The summed E-state index contributed by atoms with van der Waals surface area (Å²) in [6, 6.07) is 6.94. The van der Waals surface area contributed by atoms with Gasteiger partial charge in [0.2, 0.25) is 0 Å². The molecule has 1 saturated heterocycles. The average molecular weight is 304 g/mol. The summed E-state index contributed by atoms with van der Waals surface area (Å²) in [5, 5.41) is 0. The highest BCUT2D eigenvalue weighted by Gasteiger charge is 2.24. The molecule has 0 saturated carbocycles. The Hall–Kier alpha value is -0.780. The molecule has 0 spiro atoms. The Morgan fingerprint density at radius 2 is 1.95 bits per heavy atom. The molecular weight excluding hydrogens is 286 g/mol. The second kappa shape index (κ2) is 5.69. The molecule has 0 aromatic heterocycles. The maximum Gasteiger partial charge on any atom is 0.175 e. The van der Waals surface area contributed by atoms with Gasteiger partial charge < -0.3 is 9.64 Å². The molecule has 1 aromatic carbocycles. The van der Waals surface area contributed by atoms with Crippen molar-refractivity contribution in [1.82, 2.24) is 0 Å². The first-order chi connectivity index (χ1) is 8.90. The molecule has 4 nitrogen and oxygen atoms in total. The number of anilines is 1. The van der Waals surface area contributed by atoms with Gasteiger partial charge in [0.05, 0.1) is 23.0 Å². The first-order valence-corrected chi connectivity index (χ1v) is 8.59. The molecule has 2 rings (SSSR count). The number of sulfone groups is 1. The second-order valence-electron chi connectivity index (χ2n) is 4.89. The normalized spacial score (nSPS) is 24.5. The number of alkyl halides is 1. The zero-order chi connectivity index (χ0) is 14.0. The van der Waals surface area contributed by atoms with Crippen molar-refractivity contribution in [3.8, 4) is 0 Å². The summed E-state index contributed by atoms with van der Waals surface area (Å²) in [5.74, 6) is 0.461. The van der Waals surface area contributed by atoms with Crippen LogP contribution in [0.4, 0.5) is 5.69 Å². The number of hydrogen-bond donors (Lipinski definition) is 0. The van der Waals surface area contributed by atoms with Crippen LogP contribution >= 0.6 is 11.6 Å². The van der Waals surface area contributed by atoms with E-state index in [0.717, 1.165) is 18.8 Å². The maximum atomic E-state index is 11.4. The summed E-state index contributed by atoms with van der Waals surface area (Å²) in [6.07, 6.45) is 1.34. The lowest BCUT2D eigenvalue weighted by molar-refractivity contribution is -0.00333. The first-order valence-electron chi connectivity index (χ1n) is 6.16. The molecule has 0 N–H and O–H groups in total. The molecule has 6 heteroatoms. The number of morpholine rings is 1. The predicted molar refractivity (Wildman–Crippen MR) is 76.8 cm³/mol. The topological polar surface area (TPSA) is 46.6 Å². The average Bonchev–Trinajstić information content (AvgIpc) is 2.37. The van der Waals surface area contributed by atoms with Crippen LogP contribution in [0.15, 0.2) is 29.2 Å². The fraction of sp³-hybridized carbons (Fsp3) is 0.538. The second-order valence-corrected chi connectivity index (χ2v) is 7.22. The largest absolute Gasteiger partial charge is 0.370 e. The number of nitrogens with zero attached hydrogens (tertiary/aromatic N) is 1. The molecule has 0 radical (unpaired) electrons. The highest BCUT2D eigenvalue weighted by molar-refractivity contribution is 7.90. The minimum atomic E-state index is -3.14. The molecule has 1 fully saturated rings. The Morgan fingerprint density at radius 3 is 2.47 bits per heavy atom. The van der Waals surface area contributed by atoms with E-state index in [1.165, 1.54) is 6.26 Å². The number of hydrogen-bond acceptors (Lipinski definition) is 4. The molecule has 19 heavy (non-hydrogen) atoms. The summed E-state index contributed by atoms with van der Waals surface area (Å²) in [4.78, 5) is 2.51. The van der Waals surface area contributed by atoms with Gasteiger partial charge in [0.1, 0.15) is 0 Å². The van der Waals surface area contributed by atoms with Crippen molar-refractivity contribution in [3.63, 3.8) is 0 Å². The van der Waals surface area contributed by atoms with Crippen LogP contribution in [0.5, 0.6) is 0 Å². The van der Waals surface area contributed by atoms with Gasteiger partial charge in [0.15, 0.2) is 9.84 Å². The van der Waals surface area contributed by atoms with E-state index in [-0.39, 0.29) is 12.2 Å². The van der Waals surface area contributed by atoms with Gasteiger partial charge in [-0.05, 0) is 31.2 Å². The summed E-state index contributed by atoms with van der Waals surface area (Å²) < 4.78 is 28.5. The first kappa shape index (κ1) is 14.6. The Kier molecular flexibility index (Phi) is 4.38. The van der Waals surface area contributed by atoms with Crippen molar-refractivity contribution < 1.29 is 13.2 Å². The van der Waals surface area contributed by atoms with Crippen LogP contribution in [0.3, 0.4) is 0 Å². The molecule has 106 valence electrons. The smallest absolute Gasteiger partial charge is 0.175 e. The number of ether oxygens (including phenoxy) is 1. The van der Waals surface area contributed by atoms with Crippen LogP contribution in [-0.2, 0) is 14.6 Å². The molecular formula is C13H18ClNO3S. The summed E-state index contributed by atoms with van der Waals surface area (Å²) in [7, 11) is -3.14. The van der Waals surface area contributed by atoms with Crippen molar-refractivity contribution in [3.05, 3.63) is 24.3 Å². The van der Waals surface area contributed by atoms with Gasteiger partial charge in [-0.25, -0.2) is 8.42 Å². The van der Waals surface area contributed by atoms with Crippen molar-refractivity contribution >= 4 is 27.1 Å². The fourth-order valence-electron chi connectivity index (χ4n) is 2.25. The lowest BCUT2D eigenvalue weighted by Gasteiger charge is -2.37. The van der Waals surface area contributed by atoms with Crippen molar-refractivity contribution in [2.75, 3.05) is 30.1 Å². The van der Waals surface area contributed by atoms with E-state index in [1.807, 2.05) is 19.1 Å². The van der Waals surface area contributed by atoms with Gasteiger partial charge >= 0.3 is 0 Å². The zero-order valence-corrected chi connectivity index (χ0v) is 12.6. The van der Waals surface area contributed by atoms with Gasteiger partial charge in [0.25, 0.3) is 0 Å². The minimum Gasteiger partial charge on any atom is -0.370 e. The Balaban J connectivity index is 2.18. The summed E-state index contributed by atoms with van der Waals surface area (Å²) in [6.45, 7) is 3.52. The fourth-order valence-corrected chi connectivity index (χ4v) is 3.05. The van der Waals surface area contributed by atoms with Crippen LogP contribution < -0.4 is 4.90 Å². The predicted octanol–water partition coefficient (Wildman–Crippen LogP) is 1.92. The number of benzene rings is 1. The number of halogens is 1. The third-order valence-electron chi connectivity index (χ3n) is 3.13. The van der Waals surface area contributed by atoms with Crippen LogP contribution in [-0.4, -0.2) is 45.9 Å². The molecule has 0 bridgehead atoms. The zero-order valence-electron chi connectivity index (χ0n) is 11.0. The molecule has 1 aliphatic heterocycles. The van der Waals surface area contributed by atoms with Crippen LogP contribution in [0.2, 0.25) is 0 Å². The van der Waals surface area contributed by atoms with Crippen molar-refractivity contribution in [2.45, 2.75) is 24.0 Å². The van der Waals surface area contributed by atoms with Gasteiger partial charge in [-0.2, -0.15) is 0 Å². The molecule has 1 aromatic rings. The monoisotopic (exact) mass is 303 g/mol. The lowest BCUT2D eigenvalue weighted by atomic mass is 10.2. The third-order valence-corrected chi connectivity index (χ3v) is 4.60. The molecule has 0 aliphatic carbocycles. The van der Waals surface area contributed by atoms with E-state index in [1.54, 1.807) is 12.1 Å². The summed E-state index contributed by atoms with van der Waals surface area (Å²) >= 11 is 5.85. The van der Waals surface area contributed by atoms with Crippen LogP contribution in [0, 0.1) is 0 Å². The van der Waals surface area contributed by atoms with E-state index >= 15 is 0 Å². The van der Waals surface area contributed by atoms with E-state index in [0.29, 0.717) is 10.8 Å². The highest BCUT2D eigenvalue weighted by Crippen LogP contribution is 2.22. The van der Waals surface area contributed by atoms with Gasteiger partial charge in [-0.15, -0.1) is 11.6 Å². The Labute approximate surface area is 119 Å². The SMILES string of the molecule is CC1CN(c2ccc(S(C)(=O)=O)cc2)CC(CCl)O1. The molecule has 0 amide bonds. The Morgan fingerprint density at radius 1 is 1.32 bits per heavy atom. The quantitative estimate of drug-likeness (QED) is 0.801. The van der Waals surface area contributed by atoms with Gasteiger partial charge in [-0.1, -0.05) is 0 Å².